The van der Waals surface area contributed by atoms with Gasteiger partial charge in [0, 0.05) is 43.8 Å². The maximum atomic E-state index is 14.1. The second-order valence-electron chi connectivity index (χ2n) is 11.1. The van der Waals surface area contributed by atoms with E-state index in [0.717, 1.165) is 42.8 Å². The third-order valence-corrected chi connectivity index (χ3v) is 8.64. The van der Waals surface area contributed by atoms with Crippen LogP contribution in [0.3, 0.4) is 0 Å². The number of carbonyl (C=O) groups excluding carboxylic acids is 1. The molecule has 1 N–H and O–H groups in total. The van der Waals surface area contributed by atoms with Crippen molar-refractivity contribution in [1.82, 2.24) is 15.1 Å². The molecular formula is C34H36ClN3O3. The standard InChI is InChI=1S/C34H36ClN3O3/c1-40-32-16-27-12-13-37(21-28(27)17-33(32)41-2)34(39)31-18-30(22-38(31)20-24-6-5-9-29(35)15-24)36-19-23-10-11-25-7-3-4-8-26(25)14-23/h3-11,14-17,30-31,36H,12-13,18-22H2,1-2H3/t30-,31-/m0/s1. The van der Waals surface area contributed by atoms with E-state index in [1.165, 1.54) is 21.9 Å². The molecule has 0 saturated carbocycles. The van der Waals surface area contributed by atoms with E-state index >= 15 is 0 Å². The molecule has 1 saturated heterocycles. The highest BCUT2D eigenvalue weighted by Crippen LogP contribution is 2.34. The summed E-state index contributed by atoms with van der Waals surface area (Å²) in [5.41, 5.74) is 4.69. The zero-order chi connectivity index (χ0) is 28.3. The Bertz CT molecular complexity index is 1560. The van der Waals surface area contributed by atoms with E-state index < -0.39 is 0 Å². The lowest BCUT2D eigenvalue weighted by Crippen LogP contribution is -2.47. The van der Waals surface area contributed by atoms with E-state index in [1.807, 2.05) is 35.2 Å². The molecule has 6 nitrogen and oxygen atoms in total. The van der Waals surface area contributed by atoms with Gasteiger partial charge in [-0.2, -0.15) is 0 Å². The first kappa shape index (κ1) is 27.6. The van der Waals surface area contributed by atoms with Gasteiger partial charge in [-0.3, -0.25) is 9.69 Å². The molecule has 0 bridgehead atoms. The van der Waals surface area contributed by atoms with Crippen molar-refractivity contribution in [2.75, 3.05) is 27.3 Å². The lowest BCUT2D eigenvalue weighted by molar-refractivity contribution is -0.137. The van der Waals surface area contributed by atoms with Crippen molar-refractivity contribution in [3.05, 3.63) is 106 Å². The van der Waals surface area contributed by atoms with Gasteiger partial charge in [-0.15, -0.1) is 0 Å². The molecular weight excluding hydrogens is 534 g/mol. The van der Waals surface area contributed by atoms with Crippen LogP contribution in [0.25, 0.3) is 10.8 Å². The van der Waals surface area contributed by atoms with Crippen LogP contribution in [0.2, 0.25) is 5.02 Å². The van der Waals surface area contributed by atoms with Crippen LogP contribution < -0.4 is 14.8 Å². The Morgan fingerprint density at radius 3 is 2.46 bits per heavy atom. The topological polar surface area (TPSA) is 54.0 Å². The number of rotatable bonds is 8. The summed E-state index contributed by atoms with van der Waals surface area (Å²) < 4.78 is 11.0. The van der Waals surface area contributed by atoms with Crippen molar-refractivity contribution in [2.24, 2.45) is 0 Å². The number of hydrogen-bond acceptors (Lipinski definition) is 5. The number of methoxy groups -OCH3 is 2. The molecule has 0 spiro atoms. The summed E-state index contributed by atoms with van der Waals surface area (Å²) >= 11 is 6.31. The third-order valence-electron chi connectivity index (χ3n) is 8.40. The van der Waals surface area contributed by atoms with E-state index in [2.05, 4.69) is 58.7 Å². The van der Waals surface area contributed by atoms with Crippen molar-refractivity contribution in [3.63, 3.8) is 0 Å². The Labute approximate surface area is 246 Å². The third kappa shape index (κ3) is 6.05. The average Bonchev–Trinajstić information content (AvgIpc) is 3.40. The molecule has 212 valence electrons. The molecule has 2 aliphatic rings. The zero-order valence-corrected chi connectivity index (χ0v) is 24.4. The maximum absolute atomic E-state index is 14.1. The number of likely N-dealkylation sites (tertiary alicyclic amines) is 1. The summed E-state index contributed by atoms with van der Waals surface area (Å²) in [7, 11) is 3.30. The molecule has 1 amide bonds. The molecule has 2 heterocycles. The van der Waals surface area contributed by atoms with Crippen molar-refractivity contribution < 1.29 is 14.3 Å². The lowest BCUT2D eigenvalue weighted by Gasteiger charge is -2.34. The Hall–Kier alpha value is -3.58. The minimum atomic E-state index is -0.204. The highest BCUT2D eigenvalue weighted by Gasteiger charge is 2.39. The van der Waals surface area contributed by atoms with E-state index in [4.69, 9.17) is 21.1 Å². The van der Waals surface area contributed by atoms with E-state index in [-0.39, 0.29) is 18.0 Å². The first-order valence-electron chi connectivity index (χ1n) is 14.2. The number of amides is 1. The van der Waals surface area contributed by atoms with E-state index in [0.29, 0.717) is 30.4 Å². The van der Waals surface area contributed by atoms with Crippen LogP contribution in [0, 0.1) is 0 Å². The molecule has 2 aliphatic heterocycles. The molecule has 1 fully saturated rings. The first-order valence-corrected chi connectivity index (χ1v) is 14.6. The monoisotopic (exact) mass is 569 g/mol. The van der Waals surface area contributed by atoms with Crippen molar-refractivity contribution in [3.8, 4) is 11.5 Å². The minimum absolute atomic E-state index is 0.183. The summed E-state index contributed by atoms with van der Waals surface area (Å²) in [6.07, 6.45) is 1.56. The fraction of sp³-hybridized carbons (Fsp3) is 0.324. The predicted molar refractivity (Wildman–Crippen MR) is 164 cm³/mol. The van der Waals surface area contributed by atoms with Gasteiger partial charge >= 0.3 is 0 Å². The van der Waals surface area contributed by atoms with E-state index in [9.17, 15) is 4.79 Å². The SMILES string of the molecule is COc1cc2c(cc1OC)CN(C(=O)[C@@H]1C[C@H](NCc3ccc4ccccc4c3)CN1Cc1cccc(Cl)c1)CC2. The molecule has 4 aromatic carbocycles. The Kier molecular flexibility index (Phi) is 8.15. The van der Waals surface area contributed by atoms with E-state index in [1.54, 1.807) is 14.2 Å². The van der Waals surface area contributed by atoms with Gasteiger partial charge in [-0.1, -0.05) is 60.1 Å². The Balaban J connectivity index is 1.19. The number of halogens is 1. The van der Waals surface area contributed by atoms with Crippen LogP contribution in [0.5, 0.6) is 11.5 Å². The second-order valence-corrected chi connectivity index (χ2v) is 11.5. The summed E-state index contributed by atoms with van der Waals surface area (Å²) in [5.74, 6) is 1.61. The molecule has 0 radical (unpaired) electrons. The highest BCUT2D eigenvalue weighted by atomic mass is 35.5. The van der Waals surface area contributed by atoms with Gasteiger partial charge in [0.2, 0.25) is 5.91 Å². The summed E-state index contributed by atoms with van der Waals surface area (Å²) in [4.78, 5) is 18.4. The average molecular weight is 570 g/mol. The van der Waals surface area contributed by atoms with Gasteiger partial charge in [0.1, 0.15) is 0 Å². The second kappa shape index (κ2) is 12.1. The number of carbonyl (C=O) groups is 1. The molecule has 0 aliphatic carbocycles. The summed E-state index contributed by atoms with van der Waals surface area (Å²) in [5, 5.41) is 6.96. The quantitative estimate of drug-likeness (QED) is 0.289. The Morgan fingerprint density at radius 1 is 0.902 bits per heavy atom. The maximum Gasteiger partial charge on any atom is 0.240 e. The van der Waals surface area contributed by atoms with Crippen LogP contribution in [0.15, 0.2) is 78.9 Å². The van der Waals surface area contributed by atoms with Crippen LogP contribution in [-0.4, -0.2) is 55.1 Å². The van der Waals surface area contributed by atoms with Crippen LogP contribution in [0.1, 0.15) is 28.7 Å². The molecule has 6 rings (SSSR count). The summed E-state index contributed by atoms with van der Waals surface area (Å²) in [6, 6.07) is 27.0. The van der Waals surface area contributed by atoms with Crippen molar-refractivity contribution >= 4 is 28.3 Å². The molecule has 7 heteroatoms. The summed E-state index contributed by atoms with van der Waals surface area (Å²) in [6.45, 7) is 3.51. The number of benzene rings is 4. The number of ether oxygens (including phenoxy) is 2. The number of nitrogens with zero attached hydrogens (tertiary/aromatic N) is 2. The van der Waals surface area contributed by atoms with Crippen LogP contribution in [-0.2, 0) is 30.8 Å². The normalized spacial score (nSPS) is 18.9. The fourth-order valence-corrected chi connectivity index (χ4v) is 6.46. The molecule has 4 aromatic rings. The number of fused-ring (bicyclic) bond motifs is 2. The molecule has 0 aromatic heterocycles. The van der Waals surface area contributed by atoms with Crippen LogP contribution in [0.4, 0.5) is 0 Å². The Morgan fingerprint density at radius 2 is 1.68 bits per heavy atom. The zero-order valence-electron chi connectivity index (χ0n) is 23.6. The smallest absolute Gasteiger partial charge is 0.240 e. The first-order chi connectivity index (χ1) is 20.0. The molecule has 0 unspecified atom stereocenters. The largest absolute Gasteiger partial charge is 0.493 e. The molecule has 41 heavy (non-hydrogen) atoms. The molecule has 2 atom stereocenters. The predicted octanol–water partition coefficient (Wildman–Crippen LogP) is 5.83. The number of nitrogens with one attached hydrogen (secondary N) is 1. The van der Waals surface area contributed by atoms with Crippen LogP contribution >= 0.6 is 11.6 Å². The minimum Gasteiger partial charge on any atom is -0.493 e. The van der Waals surface area contributed by atoms with Gasteiger partial charge in [0.15, 0.2) is 11.5 Å². The lowest BCUT2D eigenvalue weighted by atomic mass is 9.97. The van der Waals surface area contributed by atoms with Gasteiger partial charge in [0.25, 0.3) is 0 Å². The highest BCUT2D eigenvalue weighted by molar-refractivity contribution is 6.30. The number of hydrogen-bond donors (Lipinski definition) is 1. The van der Waals surface area contributed by atoms with Gasteiger partial charge in [0.05, 0.1) is 20.3 Å². The van der Waals surface area contributed by atoms with Gasteiger partial charge < -0.3 is 19.7 Å². The van der Waals surface area contributed by atoms with Gasteiger partial charge in [-0.25, -0.2) is 0 Å². The fourth-order valence-electron chi connectivity index (χ4n) is 6.25. The van der Waals surface area contributed by atoms with Crippen molar-refractivity contribution in [2.45, 2.75) is 44.6 Å². The van der Waals surface area contributed by atoms with Gasteiger partial charge in [-0.05, 0) is 76.2 Å². The van der Waals surface area contributed by atoms with Crippen molar-refractivity contribution in [1.29, 1.82) is 0 Å².